The number of hydrogen-bond acceptors (Lipinski definition) is 4. The molecular weight excluding hydrogens is 374 g/mol. The number of nitrogens with zero attached hydrogens (tertiary/aromatic N) is 1. The first kappa shape index (κ1) is 22.3. The molecule has 0 aromatic heterocycles. The van der Waals surface area contributed by atoms with Crippen molar-refractivity contribution in [1.29, 1.82) is 0 Å². The summed E-state index contributed by atoms with van der Waals surface area (Å²) >= 11 is 0. The van der Waals surface area contributed by atoms with Crippen molar-refractivity contribution < 1.29 is 9.53 Å². The summed E-state index contributed by atoms with van der Waals surface area (Å²) in [5, 5.41) is 6.56. The number of benzene rings is 2. The maximum Gasteiger partial charge on any atom is 0.231 e. The van der Waals surface area contributed by atoms with Crippen LogP contribution in [0.1, 0.15) is 44.3 Å². The van der Waals surface area contributed by atoms with Crippen LogP contribution in [0.25, 0.3) is 0 Å². The second-order valence-corrected chi connectivity index (χ2v) is 7.90. The zero-order valence-electron chi connectivity index (χ0n) is 18.3. The molecule has 1 saturated heterocycles. The smallest absolute Gasteiger partial charge is 0.231 e. The average molecular weight is 410 g/mol. The molecular formula is C25H35N3O2. The Kier molecular flexibility index (Phi) is 8.72. The molecule has 0 aliphatic carbocycles. The Hall–Kier alpha value is -2.37. The summed E-state index contributed by atoms with van der Waals surface area (Å²) in [7, 11) is 1.96. The number of nitrogens with one attached hydrogen (secondary N) is 2. The average Bonchev–Trinajstić information content (AvgIpc) is 2.97. The molecule has 0 unspecified atom stereocenters. The van der Waals surface area contributed by atoms with Gasteiger partial charge in [-0.05, 0) is 50.7 Å². The first-order valence-electron chi connectivity index (χ1n) is 11.2. The van der Waals surface area contributed by atoms with Gasteiger partial charge in [0.25, 0.3) is 0 Å². The van der Waals surface area contributed by atoms with Crippen LogP contribution >= 0.6 is 0 Å². The van der Waals surface area contributed by atoms with Gasteiger partial charge < -0.3 is 20.3 Å². The SMILES string of the molecule is CCNC[C@@H]1CCCCN(c2cccc(O[C@@H](CCNC)c3ccccc3)c2)C1=O. The predicted octanol–water partition coefficient (Wildman–Crippen LogP) is 4.16. The molecule has 1 aliphatic heterocycles. The van der Waals surface area contributed by atoms with Crippen molar-refractivity contribution in [3.63, 3.8) is 0 Å². The monoisotopic (exact) mass is 409 g/mol. The van der Waals surface area contributed by atoms with E-state index in [0.29, 0.717) is 0 Å². The van der Waals surface area contributed by atoms with Crippen LogP contribution in [-0.4, -0.2) is 39.1 Å². The second kappa shape index (κ2) is 11.7. The Morgan fingerprint density at radius 3 is 2.73 bits per heavy atom. The van der Waals surface area contributed by atoms with Crippen molar-refractivity contribution in [3.8, 4) is 5.75 Å². The highest BCUT2D eigenvalue weighted by molar-refractivity contribution is 5.95. The molecule has 162 valence electrons. The topological polar surface area (TPSA) is 53.6 Å². The zero-order valence-corrected chi connectivity index (χ0v) is 18.3. The highest BCUT2D eigenvalue weighted by Crippen LogP contribution is 2.30. The minimum absolute atomic E-state index is 0.0322. The quantitative estimate of drug-likeness (QED) is 0.619. The maximum atomic E-state index is 13.2. The molecule has 0 saturated carbocycles. The number of rotatable bonds is 10. The number of carbonyl (C=O) groups excluding carboxylic acids is 1. The Morgan fingerprint density at radius 1 is 1.13 bits per heavy atom. The number of hydrogen-bond donors (Lipinski definition) is 2. The summed E-state index contributed by atoms with van der Waals surface area (Å²) in [4.78, 5) is 15.1. The molecule has 2 atom stereocenters. The van der Waals surface area contributed by atoms with Crippen molar-refractivity contribution >= 4 is 11.6 Å². The highest BCUT2D eigenvalue weighted by Gasteiger charge is 2.27. The lowest BCUT2D eigenvalue weighted by atomic mass is 10.0. The first-order valence-corrected chi connectivity index (χ1v) is 11.2. The van der Waals surface area contributed by atoms with Crippen LogP contribution < -0.4 is 20.3 Å². The zero-order chi connectivity index (χ0) is 21.2. The van der Waals surface area contributed by atoms with Crippen LogP contribution in [0.2, 0.25) is 0 Å². The van der Waals surface area contributed by atoms with Gasteiger partial charge in [-0.25, -0.2) is 0 Å². The van der Waals surface area contributed by atoms with Gasteiger partial charge >= 0.3 is 0 Å². The summed E-state index contributed by atoms with van der Waals surface area (Å²) < 4.78 is 6.40. The fourth-order valence-electron chi connectivity index (χ4n) is 4.00. The van der Waals surface area contributed by atoms with Gasteiger partial charge in [-0.2, -0.15) is 0 Å². The Bertz CT molecular complexity index is 781. The van der Waals surface area contributed by atoms with Crippen molar-refractivity contribution in [1.82, 2.24) is 10.6 Å². The first-order chi connectivity index (χ1) is 14.7. The molecule has 0 radical (unpaired) electrons. The third-order valence-corrected chi connectivity index (χ3v) is 5.68. The van der Waals surface area contributed by atoms with Crippen LogP contribution in [0.15, 0.2) is 54.6 Å². The molecule has 5 heteroatoms. The molecule has 30 heavy (non-hydrogen) atoms. The van der Waals surface area contributed by atoms with Gasteiger partial charge in [0.05, 0.1) is 5.92 Å². The molecule has 2 aromatic carbocycles. The van der Waals surface area contributed by atoms with Gasteiger partial charge in [0.15, 0.2) is 0 Å². The molecule has 0 bridgehead atoms. The molecule has 1 aliphatic rings. The third-order valence-electron chi connectivity index (χ3n) is 5.68. The standard InChI is InChI=1S/C25H35N3O2/c1-3-27-19-21-12-7-8-17-28(25(21)29)22-13-9-14-23(18-22)30-24(15-16-26-2)20-10-5-4-6-11-20/h4-6,9-11,13-14,18,21,24,26-27H,3,7-8,12,15-17,19H2,1-2H3/t21-,24-/m0/s1. The van der Waals surface area contributed by atoms with Crippen LogP contribution in [0.5, 0.6) is 5.75 Å². The van der Waals surface area contributed by atoms with Crippen molar-refractivity contribution in [2.75, 3.05) is 38.1 Å². The van der Waals surface area contributed by atoms with Gasteiger partial charge in [-0.15, -0.1) is 0 Å². The molecule has 0 spiro atoms. The van der Waals surface area contributed by atoms with E-state index in [0.717, 1.165) is 68.9 Å². The summed E-state index contributed by atoms with van der Waals surface area (Å²) in [5.74, 6) is 1.07. The van der Waals surface area contributed by atoms with Crippen LogP contribution in [0, 0.1) is 5.92 Å². The second-order valence-electron chi connectivity index (χ2n) is 7.90. The molecule has 2 N–H and O–H groups in total. The number of amides is 1. The highest BCUT2D eigenvalue weighted by atomic mass is 16.5. The largest absolute Gasteiger partial charge is 0.486 e. The van der Waals surface area contributed by atoms with Gasteiger partial charge in [0, 0.05) is 31.3 Å². The van der Waals surface area contributed by atoms with E-state index in [1.807, 2.05) is 54.4 Å². The fraction of sp³-hybridized carbons (Fsp3) is 0.480. The van der Waals surface area contributed by atoms with E-state index < -0.39 is 0 Å². The summed E-state index contributed by atoms with van der Waals surface area (Å²) in [6, 6.07) is 18.3. The van der Waals surface area contributed by atoms with Gasteiger partial charge in [-0.3, -0.25) is 4.79 Å². The fourth-order valence-corrected chi connectivity index (χ4v) is 4.00. The molecule has 1 amide bonds. The van der Waals surface area contributed by atoms with Crippen molar-refractivity contribution in [3.05, 3.63) is 60.2 Å². The van der Waals surface area contributed by atoms with Crippen LogP contribution in [0.4, 0.5) is 5.69 Å². The van der Waals surface area contributed by atoms with Gasteiger partial charge in [0.1, 0.15) is 11.9 Å². The van der Waals surface area contributed by atoms with Crippen molar-refractivity contribution in [2.24, 2.45) is 5.92 Å². The lowest BCUT2D eigenvalue weighted by Gasteiger charge is -2.26. The van der Waals surface area contributed by atoms with E-state index in [4.69, 9.17) is 4.74 Å². The van der Waals surface area contributed by atoms with Crippen LogP contribution in [-0.2, 0) is 4.79 Å². The molecule has 1 fully saturated rings. The maximum absolute atomic E-state index is 13.2. The number of ether oxygens (including phenoxy) is 1. The van der Waals surface area contributed by atoms with E-state index in [2.05, 4.69) is 29.7 Å². The van der Waals surface area contributed by atoms with E-state index in [9.17, 15) is 4.79 Å². The minimum Gasteiger partial charge on any atom is -0.486 e. The Balaban J connectivity index is 1.77. The van der Waals surface area contributed by atoms with E-state index in [-0.39, 0.29) is 17.9 Å². The lowest BCUT2D eigenvalue weighted by Crippen LogP contribution is -2.39. The van der Waals surface area contributed by atoms with Gasteiger partial charge in [-0.1, -0.05) is 49.7 Å². The third kappa shape index (κ3) is 6.07. The van der Waals surface area contributed by atoms with E-state index in [1.165, 1.54) is 0 Å². The molecule has 1 heterocycles. The Morgan fingerprint density at radius 2 is 1.97 bits per heavy atom. The molecule has 5 nitrogen and oxygen atoms in total. The molecule has 3 rings (SSSR count). The van der Waals surface area contributed by atoms with Gasteiger partial charge in [0.2, 0.25) is 5.91 Å². The Labute approximate surface area is 180 Å². The summed E-state index contributed by atoms with van der Waals surface area (Å²) in [6.07, 6.45) is 3.93. The predicted molar refractivity (Wildman–Crippen MR) is 123 cm³/mol. The number of carbonyl (C=O) groups is 1. The minimum atomic E-state index is -0.0322. The molecule has 2 aromatic rings. The number of anilines is 1. The summed E-state index contributed by atoms with van der Waals surface area (Å²) in [5.41, 5.74) is 2.09. The summed E-state index contributed by atoms with van der Waals surface area (Å²) in [6.45, 7) is 5.36. The van der Waals surface area contributed by atoms with E-state index >= 15 is 0 Å². The lowest BCUT2D eigenvalue weighted by molar-refractivity contribution is -0.122. The van der Waals surface area contributed by atoms with Crippen LogP contribution in [0.3, 0.4) is 0 Å². The van der Waals surface area contributed by atoms with Crippen molar-refractivity contribution in [2.45, 2.75) is 38.7 Å². The normalized spacial score (nSPS) is 18.1. The van der Waals surface area contributed by atoms with E-state index in [1.54, 1.807) is 0 Å².